The Hall–Kier alpha value is -1.25. The van der Waals surface area contributed by atoms with E-state index >= 15 is 0 Å². The lowest BCUT2D eigenvalue weighted by molar-refractivity contribution is 0.457. The van der Waals surface area contributed by atoms with Gasteiger partial charge in [0.2, 0.25) is 5.43 Å². The van der Waals surface area contributed by atoms with Gasteiger partial charge in [-0.1, -0.05) is 0 Å². The summed E-state index contributed by atoms with van der Waals surface area (Å²) in [5, 5.41) is 9.17. The van der Waals surface area contributed by atoms with Crippen LogP contribution in [0, 0.1) is 6.92 Å². The highest BCUT2D eigenvalue weighted by molar-refractivity contribution is 5.24. The highest BCUT2D eigenvalue weighted by atomic mass is 16.3. The second-order valence-corrected chi connectivity index (χ2v) is 1.98. The highest BCUT2D eigenvalue weighted by Crippen LogP contribution is 2.06. The summed E-state index contributed by atoms with van der Waals surface area (Å²) in [7, 11) is 0. The number of hydrogen-bond donors (Lipinski definition) is 1. The summed E-state index contributed by atoms with van der Waals surface area (Å²) in [5.74, 6) is -0.515. The third kappa shape index (κ3) is 0.900. The Morgan fingerprint density at radius 1 is 1.80 bits per heavy atom. The van der Waals surface area contributed by atoms with Gasteiger partial charge in [-0.05, 0) is 6.92 Å². The summed E-state index contributed by atoms with van der Waals surface area (Å²) in [4.78, 5) is 10.9. The Balaban J connectivity index is 3.44. The Kier molecular flexibility index (Phi) is 0.827. The maximum Gasteiger partial charge on any atom is 0.223 e. The molecule has 1 aromatic heterocycles. The Labute approximate surface area is 62.8 Å². The molecule has 1 N–H and O–H groups in total. The van der Waals surface area contributed by atoms with Crippen LogP contribution < -0.4 is 5.43 Å². The predicted octanol–water partition coefficient (Wildman–Crippen LogP) is 0.399. The number of pyridine rings is 1. The van der Waals surface area contributed by atoms with E-state index in [1.807, 2.05) is 0 Å². The van der Waals surface area contributed by atoms with Crippen LogP contribution in [0.2, 0.25) is 0 Å². The molecule has 10 heavy (non-hydrogen) atoms. The normalized spacial score (nSPS) is 15.5. The molecular weight excluding hydrogens is 130 g/mol. The van der Waals surface area contributed by atoms with E-state index in [0.717, 1.165) is 16.8 Å². The summed E-state index contributed by atoms with van der Waals surface area (Å²) >= 11 is 0. The molecule has 1 heterocycles. The van der Waals surface area contributed by atoms with Gasteiger partial charge in [-0.3, -0.25) is 4.79 Å². The number of nitrogens with zero attached hydrogens (tertiary/aromatic N) is 1. The molecule has 0 unspecified atom stereocenters. The standard InChI is InChI=1S/C7H9NO2/c1-5-7(10)6(9)3-4-8(5)2/h3-4,10H,1-2H3/i2D3. The van der Waals surface area contributed by atoms with Gasteiger partial charge in [0.25, 0.3) is 0 Å². The summed E-state index contributed by atoms with van der Waals surface area (Å²) in [5.41, 5.74) is -0.523. The molecular formula is C7H9NO2. The van der Waals surface area contributed by atoms with E-state index < -0.39 is 18.2 Å². The average molecular weight is 142 g/mol. The fourth-order valence-corrected chi connectivity index (χ4v) is 0.625. The summed E-state index contributed by atoms with van der Waals surface area (Å²) in [6, 6.07) is 1.02. The van der Waals surface area contributed by atoms with Crippen LogP contribution in [-0.4, -0.2) is 9.67 Å². The van der Waals surface area contributed by atoms with Gasteiger partial charge in [0.1, 0.15) is 0 Å². The third-order valence-corrected chi connectivity index (χ3v) is 1.31. The zero-order chi connectivity index (χ0) is 10.2. The molecule has 0 atom stereocenters. The van der Waals surface area contributed by atoms with Crippen molar-refractivity contribution >= 4 is 0 Å². The number of hydrogen-bond acceptors (Lipinski definition) is 2. The first-order chi connectivity index (χ1) is 5.84. The van der Waals surface area contributed by atoms with Crippen LogP contribution in [0.1, 0.15) is 9.81 Å². The largest absolute Gasteiger partial charge is 0.503 e. The van der Waals surface area contributed by atoms with Crippen LogP contribution >= 0.6 is 0 Å². The molecule has 0 saturated carbocycles. The van der Waals surface area contributed by atoms with Crippen LogP contribution in [0.25, 0.3) is 0 Å². The van der Waals surface area contributed by atoms with Crippen molar-refractivity contribution in [2.45, 2.75) is 6.92 Å². The first-order valence-electron chi connectivity index (χ1n) is 4.26. The van der Waals surface area contributed by atoms with Crippen molar-refractivity contribution in [1.29, 1.82) is 0 Å². The first kappa shape index (κ1) is 3.81. The summed E-state index contributed by atoms with van der Waals surface area (Å²) < 4.78 is 22.1. The predicted molar refractivity (Wildman–Crippen MR) is 38.1 cm³/mol. The van der Waals surface area contributed by atoms with E-state index in [1.165, 1.54) is 6.92 Å². The van der Waals surface area contributed by atoms with E-state index in [-0.39, 0.29) is 5.69 Å². The number of aryl methyl sites for hydroxylation is 1. The third-order valence-electron chi connectivity index (χ3n) is 1.31. The molecule has 0 aliphatic carbocycles. The fourth-order valence-electron chi connectivity index (χ4n) is 0.625. The Morgan fingerprint density at radius 3 is 3.10 bits per heavy atom. The Morgan fingerprint density at radius 2 is 2.50 bits per heavy atom. The molecule has 0 aliphatic rings. The van der Waals surface area contributed by atoms with Crippen LogP contribution in [0.15, 0.2) is 17.1 Å². The van der Waals surface area contributed by atoms with E-state index in [9.17, 15) is 4.79 Å². The van der Waals surface area contributed by atoms with Gasteiger partial charge < -0.3 is 9.67 Å². The minimum atomic E-state index is -2.37. The van der Waals surface area contributed by atoms with Crippen molar-refractivity contribution < 1.29 is 9.22 Å². The molecule has 0 amide bonds. The molecule has 0 aromatic carbocycles. The molecule has 0 bridgehead atoms. The Bertz CT molecular complexity index is 380. The number of aromatic hydroxyl groups is 1. The minimum Gasteiger partial charge on any atom is -0.503 e. The zero-order valence-electron chi connectivity index (χ0n) is 8.46. The van der Waals surface area contributed by atoms with Crippen molar-refractivity contribution in [3.8, 4) is 5.75 Å². The van der Waals surface area contributed by atoms with Gasteiger partial charge in [-0.15, -0.1) is 0 Å². The quantitative estimate of drug-likeness (QED) is 0.569. The zero-order valence-corrected chi connectivity index (χ0v) is 5.46. The van der Waals surface area contributed by atoms with Crippen molar-refractivity contribution in [1.82, 2.24) is 4.57 Å². The number of rotatable bonds is 0. The summed E-state index contributed by atoms with van der Waals surface area (Å²) in [6.45, 7) is -0.988. The molecule has 3 heteroatoms. The van der Waals surface area contributed by atoms with E-state index in [0.29, 0.717) is 0 Å². The van der Waals surface area contributed by atoms with E-state index in [4.69, 9.17) is 9.22 Å². The van der Waals surface area contributed by atoms with Gasteiger partial charge >= 0.3 is 0 Å². The van der Waals surface area contributed by atoms with E-state index in [1.54, 1.807) is 0 Å². The molecule has 54 valence electrons. The molecule has 0 aliphatic heterocycles. The fraction of sp³-hybridized carbons (Fsp3) is 0.286. The average Bonchev–Trinajstić information content (AvgIpc) is 1.98. The SMILES string of the molecule is [2H]C([2H])([2H])n1ccc(=O)c(O)c1C. The lowest BCUT2D eigenvalue weighted by Gasteiger charge is -2.02. The molecule has 1 rings (SSSR count). The monoisotopic (exact) mass is 142 g/mol. The smallest absolute Gasteiger partial charge is 0.223 e. The van der Waals surface area contributed by atoms with Crippen LogP contribution in [0.3, 0.4) is 0 Å². The van der Waals surface area contributed by atoms with Crippen LogP contribution in [0.5, 0.6) is 5.75 Å². The van der Waals surface area contributed by atoms with Gasteiger partial charge in [0, 0.05) is 23.4 Å². The van der Waals surface area contributed by atoms with Gasteiger partial charge in [-0.25, -0.2) is 0 Å². The molecule has 0 saturated heterocycles. The van der Waals surface area contributed by atoms with Gasteiger partial charge in [0.05, 0.1) is 5.69 Å². The first-order valence-corrected chi connectivity index (χ1v) is 2.76. The van der Waals surface area contributed by atoms with Crippen molar-refractivity contribution in [2.75, 3.05) is 0 Å². The highest BCUT2D eigenvalue weighted by Gasteiger charge is 2.00. The maximum atomic E-state index is 10.9. The summed E-state index contributed by atoms with van der Waals surface area (Å²) in [6.07, 6.45) is 1.14. The molecule has 3 nitrogen and oxygen atoms in total. The molecule has 1 aromatic rings. The second-order valence-electron chi connectivity index (χ2n) is 1.98. The topological polar surface area (TPSA) is 42.2 Å². The van der Waals surface area contributed by atoms with Gasteiger partial charge in [-0.2, -0.15) is 0 Å². The number of aromatic nitrogens is 1. The van der Waals surface area contributed by atoms with Crippen LogP contribution in [0.4, 0.5) is 0 Å². The molecule has 0 radical (unpaired) electrons. The lowest BCUT2D eigenvalue weighted by Crippen LogP contribution is -2.06. The van der Waals surface area contributed by atoms with E-state index in [2.05, 4.69) is 0 Å². The molecule has 0 fully saturated rings. The maximum absolute atomic E-state index is 10.9. The lowest BCUT2D eigenvalue weighted by atomic mass is 10.3. The van der Waals surface area contributed by atoms with Crippen LogP contribution in [-0.2, 0) is 6.98 Å². The second kappa shape index (κ2) is 2.17. The van der Waals surface area contributed by atoms with Crippen molar-refractivity contribution in [2.24, 2.45) is 6.98 Å². The van der Waals surface area contributed by atoms with Crippen molar-refractivity contribution in [3.63, 3.8) is 0 Å². The molecule has 0 spiro atoms. The minimum absolute atomic E-state index is 0.0486. The van der Waals surface area contributed by atoms with Crippen molar-refractivity contribution in [3.05, 3.63) is 28.2 Å². The van der Waals surface area contributed by atoms with Gasteiger partial charge in [0.15, 0.2) is 5.75 Å².